The molecule has 4 N–H and O–H groups in total. The van der Waals surface area contributed by atoms with E-state index in [4.69, 9.17) is 5.84 Å². The van der Waals surface area contributed by atoms with E-state index in [1.165, 1.54) is 12.8 Å². The van der Waals surface area contributed by atoms with Crippen LogP contribution < -0.4 is 21.5 Å². The molecule has 0 amide bonds. The molecule has 2 rings (SSSR count). The summed E-state index contributed by atoms with van der Waals surface area (Å²) in [5.74, 6) is 8.58. The molecular formula is C13H25N7. The van der Waals surface area contributed by atoms with Crippen LogP contribution in [-0.4, -0.2) is 34.6 Å². The molecule has 1 aromatic rings. The van der Waals surface area contributed by atoms with Crippen molar-refractivity contribution in [3.63, 3.8) is 0 Å². The molecule has 0 bridgehead atoms. The SMILES string of the molecule is CCN(CC)c1nc(NN)nc(NCC(C)C2CC2)n1. The third kappa shape index (κ3) is 3.69. The van der Waals surface area contributed by atoms with Crippen LogP contribution in [0.25, 0.3) is 0 Å². The molecule has 1 fully saturated rings. The first-order chi connectivity index (χ1) is 9.67. The maximum Gasteiger partial charge on any atom is 0.243 e. The van der Waals surface area contributed by atoms with Crippen molar-refractivity contribution in [2.75, 3.05) is 35.3 Å². The molecule has 20 heavy (non-hydrogen) atoms. The van der Waals surface area contributed by atoms with Gasteiger partial charge in [-0.3, -0.25) is 5.43 Å². The second-order valence-corrected chi connectivity index (χ2v) is 5.29. The van der Waals surface area contributed by atoms with E-state index in [2.05, 4.69) is 51.4 Å². The van der Waals surface area contributed by atoms with Gasteiger partial charge in [0.05, 0.1) is 0 Å². The predicted octanol–water partition coefficient (Wildman–Crippen LogP) is 1.46. The van der Waals surface area contributed by atoms with E-state index in [1.54, 1.807) is 0 Å². The molecule has 7 nitrogen and oxygen atoms in total. The van der Waals surface area contributed by atoms with Gasteiger partial charge in [-0.05, 0) is 38.5 Å². The van der Waals surface area contributed by atoms with E-state index in [-0.39, 0.29) is 0 Å². The number of hydrogen-bond acceptors (Lipinski definition) is 7. The summed E-state index contributed by atoms with van der Waals surface area (Å²) in [6.45, 7) is 9.00. The molecule has 112 valence electrons. The van der Waals surface area contributed by atoms with Crippen LogP contribution in [-0.2, 0) is 0 Å². The topological polar surface area (TPSA) is 92.0 Å². The fourth-order valence-electron chi connectivity index (χ4n) is 2.24. The van der Waals surface area contributed by atoms with Crippen molar-refractivity contribution in [3.8, 4) is 0 Å². The first-order valence-corrected chi connectivity index (χ1v) is 7.39. The lowest BCUT2D eigenvalue weighted by molar-refractivity contribution is 0.535. The number of aromatic nitrogens is 3. The number of nitrogen functional groups attached to an aromatic ring is 1. The van der Waals surface area contributed by atoms with Crippen LogP contribution in [0.5, 0.6) is 0 Å². The maximum atomic E-state index is 5.44. The molecule has 0 saturated heterocycles. The van der Waals surface area contributed by atoms with Crippen LogP contribution >= 0.6 is 0 Å². The molecule has 0 spiro atoms. The van der Waals surface area contributed by atoms with Gasteiger partial charge >= 0.3 is 0 Å². The molecule has 1 heterocycles. The second kappa shape index (κ2) is 6.69. The van der Waals surface area contributed by atoms with E-state index < -0.39 is 0 Å². The largest absolute Gasteiger partial charge is 0.354 e. The second-order valence-electron chi connectivity index (χ2n) is 5.29. The summed E-state index contributed by atoms with van der Waals surface area (Å²) in [6, 6.07) is 0. The lowest BCUT2D eigenvalue weighted by atomic mass is 10.1. The summed E-state index contributed by atoms with van der Waals surface area (Å²) in [5.41, 5.74) is 2.50. The Balaban J connectivity index is 2.07. The highest BCUT2D eigenvalue weighted by molar-refractivity contribution is 5.43. The molecule has 1 atom stereocenters. The summed E-state index contributed by atoms with van der Waals surface area (Å²) in [5, 5.41) is 3.30. The first kappa shape index (κ1) is 14.8. The smallest absolute Gasteiger partial charge is 0.243 e. The van der Waals surface area contributed by atoms with Gasteiger partial charge in [0, 0.05) is 19.6 Å². The molecule has 0 aliphatic heterocycles. The van der Waals surface area contributed by atoms with Crippen LogP contribution in [0.1, 0.15) is 33.6 Å². The van der Waals surface area contributed by atoms with Crippen molar-refractivity contribution < 1.29 is 0 Å². The number of nitrogens with two attached hydrogens (primary N) is 1. The molecule has 0 radical (unpaired) electrons. The summed E-state index contributed by atoms with van der Waals surface area (Å²) in [6.07, 6.45) is 2.70. The summed E-state index contributed by atoms with van der Waals surface area (Å²) in [4.78, 5) is 15.1. The Morgan fingerprint density at radius 1 is 1.20 bits per heavy atom. The van der Waals surface area contributed by atoms with Crippen molar-refractivity contribution in [2.24, 2.45) is 17.7 Å². The number of rotatable bonds is 8. The molecular weight excluding hydrogens is 254 g/mol. The quantitative estimate of drug-likeness (QED) is 0.490. The van der Waals surface area contributed by atoms with Crippen molar-refractivity contribution in [1.82, 2.24) is 15.0 Å². The summed E-state index contributed by atoms with van der Waals surface area (Å²) < 4.78 is 0. The molecule has 1 aromatic heterocycles. The molecule has 1 aliphatic rings. The Hall–Kier alpha value is -1.63. The van der Waals surface area contributed by atoms with E-state index in [0.29, 0.717) is 23.8 Å². The number of hydrazine groups is 1. The predicted molar refractivity (Wildman–Crippen MR) is 81.6 cm³/mol. The Kier molecular flexibility index (Phi) is 4.94. The van der Waals surface area contributed by atoms with Crippen molar-refractivity contribution in [3.05, 3.63) is 0 Å². The summed E-state index contributed by atoms with van der Waals surface area (Å²) in [7, 11) is 0. The Morgan fingerprint density at radius 3 is 2.40 bits per heavy atom. The molecule has 7 heteroatoms. The minimum absolute atomic E-state index is 0.392. The standard InChI is InChI=1S/C13H25N7/c1-4-20(5-2)13-17-11(16-12(18-13)19-14)15-8-9(3)10-6-7-10/h9-10H,4-8,14H2,1-3H3,(H2,15,16,17,18,19). The maximum absolute atomic E-state index is 5.44. The van der Waals surface area contributed by atoms with Crippen LogP contribution in [0.2, 0.25) is 0 Å². The average Bonchev–Trinajstić information content (AvgIpc) is 3.30. The van der Waals surface area contributed by atoms with E-state index in [0.717, 1.165) is 25.6 Å². The highest BCUT2D eigenvalue weighted by Crippen LogP contribution is 2.36. The van der Waals surface area contributed by atoms with Gasteiger partial charge in [-0.2, -0.15) is 15.0 Å². The van der Waals surface area contributed by atoms with Crippen molar-refractivity contribution in [1.29, 1.82) is 0 Å². The van der Waals surface area contributed by atoms with Crippen LogP contribution in [0.3, 0.4) is 0 Å². The lowest BCUT2D eigenvalue weighted by Gasteiger charge is -2.20. The van der Waals surface area contributed by atoms with Crippen molar-refractivity contribution in [2.45, 2.75) is 33.6 Å². The number of nitrogens with one attached hydrogen (secondary N) is 2. The van der Waals surface area contributed by atoms with Gasteiger partial charge in [0.25, 0.3) is 0 Å². The fraction of sp³-hybridized carbons (Fsp3) is 0.769. The van der Waals surface area contributed by atoms with E-state index in [9.17, 15) is 0 Å². The third-order valence-corrected chi connectivity index (χ3v) is 3.81. The van der Waals surface area contributed by atoms with Crippen LogP contribution in [0.4, 0.5) is 17.8 Å². The number of anilines is 3. The van der Waals surface area contributed by atoms with Crippen LogP contribution in [0.15, 0.2) is 0 Å². The highest BCUT2D eigenvalue weighted by atomic mass is 15.4. The number of hydrogen-bond donors (Lipinski definition) is 3. The molecule has 1 saturated carbocycles. The zero-order chi connectivity index (χ0) is 14.5. The van der Waals surface area contributed by atoms with Gasteiger partial charge in [0.15, 0.2) is 0 Å². The molecule has 1 aliphatic carbocycles. The minimum Gasteiger partial charge on any atom is -0.354 e. The Bertz CT molecular complexity index is 429. The lowest BCUT2D eigenvalue weighted by Crippen LogP contribution is -2.26. The van der Waals surface area contributed by atoms with Gasteiger partial charge < -0.3 is 10.2 Å². The van der Waals surface area contributed by atoms with Crippen molar-refractivity contribution >= 4 is 17.8 Å². The van der Waals surface area contributed by atoms with Gasteiger partial charge in [-0.25, -0.2) is 5.84 Å². The van der Waals surface area contributed by atoms with Gasteiger partial charge in [-0.1, -0.05) is 6.92 Å². The van der Waals surface area contributed by atoms with Gasteiger partial charge in [0.1, 0.15) is 0 Å². The van der Waals surface area contributed by atoms with Crippen LogP contribution in [0, 0.1) is 11.8 Å². The molecule has 0 aromatic carbocycles. The normalized spacial score (nSPS) is 15.8. The zero-order valence-corrected chi connectivity index (χ0v) is 12.6. The highest BCUT2D eigenvalue weighted by Gasteiger charge is 2.27. The number of nitrogens with zero attached hydrogens (tertiary/aromatic N) is 4. The Morgan fingerprint density at radius 2 is 1.85 bits per heavy atom. The first-order valence-electron chi connectivity index (χ1n) is 7.39. The van der Waals surface area contributed by atoms with E-state index >= 15 is 0 Å². The van der Waals surface area contributed by atoms with E-state index in [1.807, 2.05) is 0 Å². The van der Waals surface area contributed by atoms with Gasteiger partial charge in [0.2, 0.25) is 17.8 Å². The average molecular weight is 279 g/mol. The van der Waals surface area contributed by atoms with Gasteiger partial charge in [-0.15, -0.1) is 0 Å². The summed E-state index contributed by atoms with van der Waals surface area (Å²) >= 11 is 0. The zero-order valence-electron chi connectivity index (χ0n) is 12.6. The third-order valence-electron chi connectivity index (χ3n) is 3.81. The fourth-order valence-corrected chi connectivity index (χ4v) is 2.24. The monoisotopic (exact) mass is 279 g/mol. The Labute approximate surface area is 120 Å². The minimum atomic E-state index is 0.392. The molecule has 1 unspecified atom stereocenters.